The van der Waals surface area contributed by atoms with E-state index in [0.29, 0.717) is 25.3 Å². The summed E-state index contributed by atoms with van der Waals surface area (Å²) in [6.07, 6.45) is 4.50. The molecule has 0 bridgehead atoms. The number of nitrogens with zero attached hydrogens (tertiary/aromatic N) is 3. The molecule has 10 heteroatoms. The molecule has 2 fully saturated rings. The van der Waals surface area contributed by atoms with E-state index in [4.69, 9.17) is 11.5 Å². The van der Waals surface area contributed by atoms with Crippen molar-refractivity contribution in [1.29, 1.82) is 0 Å². The van der Waals surface area contributed by atoms with Gasteiger partial charge in [0.15, 0.2) is 5.82 Å². The summed E-state index contributed by atoms with van der Waals surface area (Å²) in [5.74, 6) is -3.26. The van der Waals surface area contributed by atoms with E-state index in [1.165, 1.54) is 12.1 Å². The predicted octanol–water partition coefficient (Wildman–Crippen LogP) is 3.19. The molecule has 1 aromatic heterocycles. The third kappa shape index (κ3) is 4.61. The lowest BCUT2D eigenvalue weighted by molar-refractivity contribution is -0.0685. The molecule has 2 aromatic rings. The summed E-state index contributed by atoms with van der Waals surface area (Å²) < 4.78 is 41.9. The summed E-state index contributed by atoms with van der Waals surface area (Å²) in [6.45, 7) is 1.15. The van der Waals surface area contributed by atoms with Crippen LogP contribution in [0.5, 0.6) is 0 Å². The largest absolute Gasteiger partial charge is 0.365 e. The van der Waals surface area contributed by atoms with Gasteiger partial charge in [0.2, 0.25) is 0 Å². The second-order valence-corrected chi connectivity index (χ2v) is 8.88. The number of amides is 1. The Balaban J connectivity index is 1.50. The SMILES string of the molecule is NCC1(n2cc(C(N)=O)c(Nc3ccc(F)cc3)n2)CCC(N2CCC(F)(F)CC2)CC1. The normalized spacial score (nSPS) is 26.1. The third-order valence-corrected chi connectivity index (χ3v) is 6.88. The van der Waals surface area contributed by atoms with Gasteiger partial charge in [0, 0.05) is 50.4 Å². The number of hydrogen-bond donors (Lipinski definition) is 3. The average Bonchev–Trinajstić information content (AvgIpc) is 3.20. The van der Waals surface area contributed by atoms with Crippen LogP contribution in [0.2, 0.25) is 0 Å². The van der Waals surface area contributed by atoms with Crippen LogP contribution in [0.3, 0.4) is 0 Å². The summed E-state index contributed by atoms with van der Waals surface area (Å²) in [7, 11) is 0. The van der Waals surface area contributed by atoms with E-state index in [2.05, 4.69) is 15.3 Å². The zero-order valence-electron chi connectivity index (χ0n) is 17.9. The van der Waals surface area contributed by atoms with E-state index in [0.717, 1.165) is 25.7 Å². The maximum Gasteiger partial charge on any atom is 0.254 e. The van der Waals surface area contributed by atoms with Crippen molar-refractivity contribution in [3.8, 4) is 0 Å². The first-order valence-corrected chi connectivity index (χ1v) is 11.0. The molecule has 0 unspecified atom stereocenters. The number of aromatic nitrogens is 2. The van der Waals surface area contributed by atoms with Crippen LogP contribution in [0, 0.1) is 5.82 Å². The monoisotopic (exact) mass is 450 g/mol. The molecule has 1 saturated heterocycles. The summed E-state index contributed by atoms with van der Waals surface area (Å²) in [5.41, 5.74) is 12.1. The Bertz CT molecular complexity index is 943. The Morgan fingerprint density at radius 3 is 2.31 bits per heavy atom. The summed E-state index contributed by atoms with van der Waals surface area (Å²) in [6, 6.07) is 5.95. The fraction of sp³-hybridized carbons (Fsp3) is 0.545. The number of halogens is 3. The number of benzene rings is 1. The molecule has 4 rings (SSSR count). The van der Waals surface area contributed by atoms with Crippen LogP contribution in [0.25, 0.3) is 0 Å². The van der Waals surface area contributed by atoms with Gasteiger partial charge in [-0.25, -0.2) is 13.2 Å². The highest BCUT2D eigenvalue weighted by atomic mass is 19.3. The van der Waals surface area contributed by atoms with Crippen molar-refractivity contribution >= 4 is 17.4 Å². The van der Waals surface area contributed by atoms with Gasteiger partial charge in [-0.1, -0.05) is 0 Å². The number of carbonyl (C=O) groups is 1. The molecule has 1 aromatic carbocycles. The molecule has 32 heavy (non-hydrogen) atoms. The van der Waals surface area contributed by atoms with Crippen LogP contribution < -0.4 is 16.8 Å². The number of rotatable bonds is 6. The van der Waals surface area contributed by atoms with Gasteiger partial charge in [-0.05, 0) is 49.9 Å². The smallest absolute Gasteiger partial charge is 0.254 e. The number of anilines is 2. The third-order valence-electron chi connectivity index (χ3n) is 6.88. The summed E-state index contributed by atoms with van der Waals surface area (Å²) in [4.78, 5) is 14.2. The number of likely N-dealkylation sites (tertiary alicyclic amines) is 1. The van der Waals surface area contributed by atoms with Crippen LogP contribution in [0.1, 0.15) is 48.9 Å². The standard InChI is InChI=1S/C22H29F3N6O/c23-15-1-3-16(4-2-15)28-20-18(19(27)32)13-31(29-20)21(14-26)7-5-17(6-8-21)30-11-9-22(24,25)10-12-30/h1-4,13,17H,5-12,14,26H2,(H2,27,32)(H,28,29). The molecule has 0 spiro atoms. The van der Waals surface area contributed by atoms with Gasteiger partial charge in [0.25, 0.3) is 11.8 Å². The van der Waals surface area contributed by atoms with Gasteiger partial charge in [0.1, 0.15) is 11.4 Å². The van der Waals surface area contributed by atoms with E-state index in [9.17, 15) is 18.0 Å². The second-order valence-electron chi connectivity index (χ2n) is 8.88. The van der Waals surface area contributed by atoms with Crippen molar-refractivity contribution in [3.05, 3.63) is 41.8 Å². The summed E-state index contributed by atoms with van der Waals surface area (Å²) >= 11 is 0. The topological polar surface area (TPSA) is 102 Å². The highest BCUT2D eigenvalue weighted by Crippen LogP contribution is 2.39. The van der Waals surface area contributed by atoms with Gasteiger partial charge in [-0.15, -0.1) is 0 Å². The predicted molar refractivity (Wildman–Crippen MR) is 115 cm³/mol. The maximum absolute atomic E-state index is 13.5. The molecule has 7 nitrogen and oxygen atoms in total. The molecule has 0 radical (unpaired) electrons. The second kappa shape index (κ2) is 8.74. The fourth-order valence-corrected chi connectivity index (χ4v) is 4.81. The first-order chi connectivity index (χ1) is 15.2. The lowest BCUT2D eigenvalue weighted by Crippen LogP contribution is -2.51. The number of alkyl halides is 2. The number of nitrogens with one attached hydrogen (secondary N) is 1. The quantitative estimate of drug-likeness (QED) is 0.627. The lowest BCUT2D eigenvalue weighted by atomic mass is 9.78. The highest BCUT2D eigenvalue weighted by molar-refractivity contribution is 5.98. The van der Waals surface area contributed by atoms with E-state index >= 15 is 0 Å². The molecule has 1 amide bonds. The number of hydrogen-bond acceptors (Lipinski definition) is 5. The molecule has 174 valence electrons. The Morgan fingerprint density at radius 1 is 1.12 bits per heavy atom. The Kier molecular flexibility index (Phi) is 6.17. The minimum atomic E-state index is -2.56. The summed E-state index contributed by atoms with van der Waals surface area (Å²) in [5, 5.41) is 7.62. The van der Waals surface area contributed by atoms with E-state index in [1.807, 2.05) is 0 Å². The molecular weight excluding hydrogens is 421 g/mol. The van der Waals surface area contributed by atoms with Crippen molar-refractivity contribution in [2.75, 3.05) is 25.0 Å². The minimum Gasteiger partial charge on any atom is -0.365 e. The maximum atomic E-state index is 13.5. The van der Waals surface area contributed by atoms with Crippen LogP contribution in [-0.4, -0.2) is 52.2 Å². The molecule has 1 aliphatic heterocycles. The molecule has 1 saturated carbocycles. The number of piperidine rings is 1. The van der Waals surface area contributed by atoms with Crippen molar-refractivity contribution in [1.82, 2.24) is 14.7 Å². The molecule has 2 aliphatic rings. The van der Waals surface area contributed by atoms with E-state index in [-0.39, 0.29) is 36.1 Å². The van der Waals surface area contributed by atoms with Gasteiger partial charge < -0.3 is 16.8 Å². The van der Waals surface area contributed by atoms with E-state index in [1.54, 1.807) is 23.0 Å². The number of carbonyl (C=O) groups excluding carboxylic acids is 1. The minimum absolute atomic E-state index is 0.0922. The zero-order valence-corrected chi connectivity index (χ0v) is 17.9. The van der Waals surface area contributed by atoms with Gasteiger partial charge in [0.05, 0.1) is 5.54 Å². The number of primary amides is 1. The molecule has 5 N–H and O–H groups in total. The lowest BCUT2D eigenvalue weighted by Gasteiger charge is -2.45. The van der Waals surface area contributed by atoms with Crippen molar-refractivity contribution in [3.63, 3.8) is 0 Å². The molecule has 2 heterocycles. The van der Waals surface area contributed by atoms with Crippen LogP contribution in [0.15, 0.2) is 30.5 Å². The fourth-order valence-electron chi connectivity index (χ4n) is 4.81. The number of nitrogens with two attached hydrogens (primary N) is 2. The van der Waals surface area contributed by atoms with Crippen LogP contribution in [0.4, 0.5) is 24.7 Å². The van der Waals surface area contributed by atoms with Gasteiger partial charge in [-0.2, -0.15) is 5.10 Å². The van der Waals surface area contributed by atoms with Gasteiger partial charge in [-0.3, -0.25) is 14.4 Å². The van der Waals surface area contributed by atoms with Gasteiger partial charge >= 0.3 is 0 Å². The Hall–Kier alpha value is -2.59. The highest BCUT2D eigenvalue weighted by Gasteiger charge is 2.42. The van der Waals surface area contributed by atoms with Crippen molar-refractivity contribution in [2.24, 2.45) is 11.5 Å². The van der Waals surface area contributed by atoms with E-state index < -0.39 is 17.4 Å². The Morgan fingerprint density at radius 2 is 1.75 bits per heavy atom. The van der Waals surface area contributed by atoms with Crippen LogP contribution in [-0.2, 0) is 5.54 Å². The molecule has 0 atom stereocenters. The molecular formula is C22H29F3N6O. The first kappa shape index (κ1) is 22.6. The van der Waals surface area contributed by atoms with Crippen LogP contribution >= 0.6 is 0 Å². The van der Waals surface area contributed by atoms with Crippen molar-refractivity contribution in [2.45, 2.75) is 56.0 Å². The Labute approximate surface area is 184 Å². The zero-order chi connectivity index (χ0) is 22.9. The molecule has 1 aliphatic carbocycles. The average molecular weight is 451 g/mol. The first-order valence-electron chi connectivity index (χ1n) is 11.0. The van der Waals surface area contributed by atoms with Crippen molar-refractivity contribution < 1.29 is 18.0 Å².